The molecule has 0 unspecified atom stereocenters. The van der Waals surface area contributed by atoms with Crippen molar-refractivity contribution in [1.29, 1.82) is 0 Å². The molecular formula is C14H12N4O2. The summed E-state index contributed by atoms with van der Waals surface area (Å²) in [6.07, 6.45) is 0. The smallest absolute Gasteiger partial charge is 0.258 e. The van der Waals surface area contributed by atoms with E-state index in [0.717, 1.165) is 5.56 Å². The molecule has 0 aliphatic rings. The second kappa shape index (κ2) is 4.58. The normalized spacial score (nSPS) is 10.6. The zero-order valence-electron chi connectivity index (χ0n) is 10.4. The van der Waals surface area contributed by atoms with E-state index in [0.29, 0.717) is 28.7 Å². The molecule has 0 atom stereocenters. The topological polar surface area (TPSA) is 111 Å². The molecular weight excluding hydrogens is 256 g/mol. The Labute approximate surface area is 114 Å². The van der Waals surface area contributed by atoms with Crippen LogP contribution in [-0.4, -0.2) is 15.2 Å². The lowest BCUT2D eigenvalue weighted by Crippen LogP contribution is -1.91. The minimum absolute atomic E-state index is 0.182. The molecule has 0 bridgehead atoms. The van der Waals surface area contributed by atoms with Crippen LogP contribution in [0.4, 0.5) is 11.4 Å². The lowest BCUT2D eigenvalue weighted by atomic mass is 10.1. The van der Waals surface area contributed by atoms with Gasteiger partial charge in [0.05, 0.1) is 0 Å². The zero-order valence-corrected chi connectivity index (χ0v) is 10.4. The number of nitrogen functional groups attached to an aromatic ring is 2. The molecule has 0 radical (unpaired) electrons. The van der Waals surface area contributed by atoms with Crippen LogP contribution in [0.3, 0.4) is 0 Å². The molecule has 5 N–H and O–H groups in total. The van der Waals surface area contributed by atoms with E-state index in [2.05, 4.69) is 10.1 Å². The fourth-order valence-electron chi connectivity index (χ4n) is 1.87. The van der Waals surface area contributed by atoms with Crippen molar-refractivity contribution in [3.8, 4) is 28.6 Å². The molecule has 2 aromatic carbocycles. The Hall–Kier alpha value is -3.02. The Morgan fingerprint density at radius 2 is 1.55 bits per heavy atom. The van der Waals surface area contributed by atoms with Gasteiger partial charge in [-0.15, -0.1) is 0 Å². The molecule has 6 heteroatoms. The van der Waals surface area contributed by atoms with Crippen LogP contribution in [0, 0.1) is 0 Å². The first-order chi connectivity index (χ1) is 9.61. The Kier molecular flexibility index (Phi) is 2.76. The summed E-state index contributed by atoms with van der Waals surface area (Å²) in [5.74, 6) is 0.953. The summed E-state index contributed by atoms with van der Waals surface area (Å²) in [5, 5.41) is 13.2. The third-order valence-electron chi connectivity index (χ3n) is 2.78. The van der Waals surface area contributed by atoms with Crippen LogP contribution >= 0.6 is 0 Å². The van der Waals surface area contributed by atoms with Crippen LogP contribution < -0.4 is 11.5 Å². The van der Waals surface area contributed by atoms with Gasteiger partial charge in [-0.05, 0) is 42.5 Å². The quantitative estimate of drug-likeness (QED) is 0.615. The average Bonchev–Trinajstić information content (AvgIpc) is 2.88. The predicted octanol–water partition coefficient (Wildman–Crippen LogP) is 2.27. The van der Waals surface area contributed by atoms with E-state index in [-0.39, 0.29) is 5.75 Å². The molecule has 0 fully saturated rings. The number of aromatic hydroxyl groups is 1. The largest absolute Gasteiger partial charge is 0.508 e. The lowest BCUT2D eigenvalue weighted by Gasteiger charge is -1.99. The Morgan fingerprint density at radius 3 is 2.20 bits per heavy atom. The first-order valence-electron chi connectivity index (χ1n) is 5.91. The van der Waals surface area contributed by atoms with Gasteiger partial charge in [0.1, 0.15) is 5.75 Å². The van der Waals surface area contributed by atoms with Crippen molar-refractivity contribution < 1.29 is 9.63 Å². The van der Waals surface area contributed by atoms with E-state index in [1.54, 1.807) is 42.5 Å². The van der Waals surface area contributed by atoms with Crippen molar-refractivity contribution >= 4 is 11.4 Å². The van der Waals surface area contributed by atoms with Gasteiger partial charge in [-0.1, -0.05) is 5.16 Å². The number of nitrogens with two attached hydrogens (primary N) is 2. The minimum atomic E-state index is 0.182. The molecule has 1 aromatic heterocycles. The fraction of sp³-hybridized carbons (Fsp3) is 0. The van der Waals surface area contributed by atoms with Gasteiger partial charge in [0.15, 0.2) is 0 Å². The number of phenols is 1. The van der Waals surface area contributed by atoms with Crippen LogP contribution in [0.5, 0.6) is 5.75 Å². The number of nitrogens with zero attached hydrogens (tertiary/aromatic N) is 2. The summed E-state index contributed by atoms with van der Waals surface area (Å²) in [5.41, 5.74) is 13.9. The second-order valence-corrected chi connectivity index (χ2v) is 4.36. The van der Waals surface area contributed by atoms with Gasteiger partial charge in [0, 0.05) is 22.5 Å². The van der Waals surface area contributed by atoms with E-state index < -0.39 is 0 Å². The van der Waals surface area contributed by atoms with Crippen molar-refractivity contribution in [2.24, 2.45) is 0 Å². The molecule has 100 valence electrons. The van der Waals surface area contributed by atoms with Gasteiger partial charge in [0.25, 0.3) is 5.89 Å². The van der Waals surface area contributed by atoms with Crippen molar-refractivity contribution in [2.45, 2.75) is 0 Å². The Bertz CT molecular complexity index is 730. The summed E-state index contributed by atoms with van der Waals surface area (Å²) in [7, 11) is 0. The monoisotopic (exact) mass is 268 g/mol. The zero-order chi connectivity index (χ0) is 14.1. The highest BCUT2D eigenvalue weighted by atomic mass is 16.5. The third-order valence-corrected chi connectivity index (χ3v) is 2.78. The minimum Gasteiger partial charge on any atom is -0.508 e. The van der Waals surface area contributed by atoms with Gasteiger partial charge < -0.3 is 21.1 Å². The molecule has 20 heavy (non-hydrogen) atoms. The second-order valence-electron chi connectivity index (χ2n) is 4.36. The maximum absolute atomic E-state index is 9.26. The summed E-state index contributed by atoms with van der Waals surface area (Å²) < 4.78 is 5.21. The van der Waals surface area contributed by atoms with Gasteiger partial charge in [-0.25, -0.2) is 0 Å². The first kappa shape index (κ1) is 12.0. The standard InChI is InChI=1S/C14H12N4O2/c15-10-5-9(6-11(16)7-10)14-17-13(18-20-14)8-1-3-12(19)4-2-8/h1-7,19H,15-16H2. The van der Waals surface area contributed by atoms with E-state index >= 15 is 0 Å². The number of rotatable bonds is 2. The number of benzene rings is 2. The third kappa shape index (κ3) is 2.26. The molecule has 0 amide bonds. The maximum atomic E-state index is 9.26. The molecule has 6 nitrogen and oxygen atoms in total. The highest BCUT2D eigenvalue weighted by Gasteiger charge is 2.11. The molecule has 0 aliphatic carbocycles. The molecule has 1 heterocycles. The van der Waals surface area contributed by atoms with Crippen LogP contribution in [-0.2, 0) is 0 Å². The fourth-order valence-corrected chi connectivity index (χ4v) is 1.87. The molecule has 3 aromatic rings. The van der Waals surface area contributed by atoms with E-state index in [9.17, 15) is 5.11 Å². The van der Waals surface area contributed by atoms with Crippen LogP contribution in [0.2, 0.25) is 0 Å². The molecule has 0 saturated heterocycles. The predicted molar refractivity (Wildman–Crippen MR) is 75.7 cm³/mol. The summed E-state index contributed by atoms with van der Waals surface area (Å²) in [4.78, 5) is 4.29. The highest BCUT2D eigenvalue weighted by Crippen LogP contribution is 2.26. The Balaban J connectivity index is 1.99. The average molecular weight is 268 g/mol. The van der Waals surface area contributed by atoms with E-state index in [4.69, 9.17) is 16.0 Å². The van der Waals surface area contributed by atoms with Crippen molar-refractivity contribution in [3.05, 3.63) is 42.5 Å². The molecule has 0 aliphatic heterocycles. The summed E-state index contributed by atoms with van der Waals surface area (Å²) >= 11 is 0. The lowest BCUT2D eigenvalue weighted by molar-refractivity contribution is 0.432. The van der Waals surface area contributed by atoms with E-state index in [1.165, 1.54) is 0 Å². The van der Waals surface area contributed by atoms with Gasteiger partial charge >= 0.3 is 0 Å². The highest BCUT2D eigenvalue weighted by molar-refractivity contribution is 5.68. The maximum Gasteiger partial charge on any atom is 0.258 e. The SMILES string of the molecule is Nc1cc(N)cc(-c2nc(-c3ccc(O)cc3)no2)c1. The van der Waals surface area contributed by atoms with Crippen LogP contribution in [0.1, 0.15) is 0 Å². The van der Waals surface area contributed by atoms with Crippen molar-refractivity contribution in [1.82, 2.24) is 10.1 Å². The van der Waals surface area contributed by atoms with Crippen LogP contribution in [0.15, 0.2) is 47.0 Å². The van der Waals surface area contributed by atoms with Gasteiger partial charge in [-0.3, -0.25) is 0 Å². The molecule has 3 rings (SSSR count). The van der Waals surface area contributed by atoms with Gasteiger partial charge in [-0.2, -0.15) is 4.98 Å². The van der Waals surface area contributed by atoms with Crippen molar-refractivity contribution in [2.75, 3.05) is 11.5 Å². The number of phenolic OH excluding ortho intramolecular Hbond substituents is 1. The van der Waals surface area contributed by atoms with Crippen LogP contribution in [0.25, 0.3) is 22.8 Å². The number of hydrogen-bond acceptors (Lipinski definition) is 6. The number of hydrogen-bond donors (Lipinski definition) is 3. The first-order valence-corrected chi connectivity index (χ1v) is 5.91. The van der Waals surface area contributed by atoms with Crippen molar-refractivity contribution in [3.63, 3.8) is 0 Å². The Morgan fingerprint density at radius 1 is 0.900 bits per heavy atom. The summed E-state index contributed by atoms with van der Waals surface area (Å²) in [6, 6.07) is 11.6. The number of anilines is 2. The van der Waals surface area contributed by atoms with E-state index in [1.807, 2.05) is 0 Å². The molecule has 0 spiro atoms. The van der Waals surface area contributed by atoms with Gasteiger partial charge in [0.2, 0.25) is 5.82 Å². The summed E-state index contributed by atoms with van der Waals surface area (Å²) in [6.45, 7) is 0. The molecule has 0 saturated carbocycles. The number of aromatic nitrogens is 2.